The molecule has 0 unspecified atom stereocenters. The Balaban J connectivity index is 3.26. The summed E-state index contributed by atoms with van der Waals surface area (Å²) in [6.45, 7) is -0.862. The Morgan fingerprint density at radius 1 is 1.20 bits per heavy atom. The Kier molecular flexibility index (Phi) is 7.47. The molecule has 0 fully saturated rings. The van der Waals surface area contributed by atoms with Gasteiger partial charge >= 0.3 is 11.9 Å². The van der Waals surface area contributed by atoms with Crippen molar-refractivity contribution in [1.82, 2.24) is 5.32 Å². The first-order valence-corrected chi connectivity index (χ1v) is 7.13. The van der Waals surface area contributed by atoms with Crippen molar-refractivity contribution in [1.29, 1.82) is 0 Å². The van der Waals surface area contributed by atoms with Crippen LogP contribution in [-0.4, -0.2) is 54.7 Å². The second-order valence-electron chi connectivity index (χ2n) is 4.96. The predicted octanol–water partition coefficient (Wildman–Crippen LogP) is -0.108. The molecule has 0 saturated carbocycles. The van der Waals surface area contributed by atoms with Crippen LogP contribution in [0.5, 0.6) is 0 Å². The van der Waals surface area contributed by atoms with Crippen molar-refractivity contribution in [3.8, 4) is 0 Å². The van der Waals surface area contributed by atoms with Gasteiger partial charge in [0.25, 0.3) is 5.69 Å². The smallest absolute Gasteiger partial charge is 0.329 e. The lowest BCUT2D eigenvalue weighted by Gasteiger charge is -2.25. The molecule has 0 radical (unpaired) electrons. The number of hydrogen-bond acceptors (Lipinski definition) is 8. The standard InChI is InChI=1S/C15H18N2O8/c1-24-13(20)7-11(9-3-5-10(6-4-9)17(22)23)14(15(21)25-2)16-12(19)8-18/h3-6,11,14,18H,7-8H2,1-2H3,(H,16,19)/t11-,14+/m0/s1. The van der Waals surface area contributed by atoms with E-state index >= 15 is 0 Å². The quantitative estimate of drug-likeness (QED) is 0.374. The van der Waals surface area contributed by atoms with E-state index in [1.807, 2.05) is 0 Å². The number of aliphatic hydroxyl groups is 1. The number of nitrogens with zero attached hydrogens (tertiary/aromatic N) is 1. The number of benzene rings is 1. The first kappa shape index (κ1) is 20.0. The number of nitro benzene ring substituents is 1. The summed E-state index contributed by atoms with van der Waals surface area (Å²) in [6.07, 6.45) is -0.292. The van der Waals surface area contributed by atoms with Gasteiger partial charge in [0.2, 0.25) is 5.91 Å². The van der Waals surface area contributed by atoms with Crippen LogP contribution in [0.1, 0.15) is 17.9 Å². The number of ether oxygens (including phenoxy) is 2. The van der Waals surface area contributed by atoms with Gasteiger partial charge in [0.1, 0.15) is 12.6 Å². The molecule has 0 spiro atoms. The third-order valence-corrected chi connectivity index (χ3v) is 3.46. The van der Waals surface area contributed by atoms with Crippen LogP contribution < -0.4 is 5.32 Å². The van der Waals surface area contributed by atoms with Gasteiger partial charge in [-0.25, -0.2) is 4.79 Å². The van der Waals surface area contributed by atoms with Crippen LogP contribution >= 0.6 is 0 Å². The molecule has 1 aromatic rings. The summed E-state index contributed by atoms with van der Waals surface area (Å²) in [5, 5.41) is 21.9. The first-order chi connectivity index (χ1) is 11.8. The zero-order valence-electron chi connectivity index (χ0n) is 13.6. The average molecular weight is 354 g/mol. The Labute approximate surface area is 142 Å². The zero-order chi connectivity index (χ0) is 19.0. The predicted molar refractivity (Wildman–Crippen MR) is 83.5 cm³/mol. The molecule has 136 valence electrons. The molecular weight excluding hydrogens is 336 g/mol. The van der Waals surface area contributed by atoms with Gasteiger partial charge in [0, 0.05) is 18.1 Å². The minimum absolute atomic E-state index is 0.172. The van der Waals surface area contributed by atoms with Gasteiger partial charge in [-0.2, -0.15) is 0 Å². The number of carbonyl (C=O) groups is 3. The molecule has 2 N–H and O–H groups in total. The van der Waals surface area contributed by atoms with Crippen molar-refractivity contribution < 1.29 is 33.9 Å². The van der Waals surface area contributed by atoms with Gasteiger partial charge in [-0.15, -0.1) is 0 Å². The molecule has 10 nitrogen and oxygen atoms in total. The van der Waals surface area contributed by atoms with Gasteiger partial charge in [-0.05, 0) is 5.56 Å². The van der Waals surface area contributed by atoms with Crippen molar-refractivity contribution in [2.24, 2.45) is 0 Å². The number of hydrogen-bond donors (Lipinski definition) is 2. The highest BCUT2D eigenvalue weighted by molar-refractivity contribution is 5.86. The van der Waals surface area contributed by atoms with Gasteiger partial charge in [0.05, 0.1) is 25.6 Å². The number of carbonyl (C=O) groups excluding carboxylic acids is 3. The van der Waals surface area contributed by atoms with E-state index in [-0.39, 0.29) is 12.1 Å². The Morgan fingerprint density at radius 3 is 2.24 bits per heavy atom. The Hall–Kier alpha value is -3.01. The highest BCUT2D eigenvalue weighted by atomic mass is 16.6. The molecule has 1 amide bonds. The van der Waals surface area contributed by atoms with Gasteiger partial charge < -0.3 is 19.9 Å². The van der Waals surface area contributed by atoms with E-state index in [1.54, 1.807) is 0 Å². The molecule has 10 heteroatoms. The molecule has 0 aliphatic rings. The van der Waals surface area contributed by atoms with Crippen LogP contribution in [0.4, 0.5) is 5.69 Å². The van der Waals surface area contributed by atoms with Gasteiger partial charge in [0.15, 0.2) is 0 Å². The number of nitro groups is 1. The third kappa shape index (κ3) is 5.53. The fourth-order valence-electron chi connectivity index (χ4n) is 2.20. The number of amides is 1. The van der Waals surface area contributed by atoms with Gasteiger partial charge in [-0.3, -0.25) is 19.7 Å². The van der Waals surface area contributed by atoms with Crippen LogP contribution in [0.2, 0.25) is 0 Å². The Morgan fingerprint density at radius 2 is 1.80 bits per heavy atom. The van der Waals surface area contributed by atoms with Crippen LogP contribution in [0.25, 0.3) is 0 Å². The summed E-state index contributed by atoms with van der Waals surface area (Å²) in [5.41, 5.74) is 0.208. The molecular formula is C15H18N2O8. The van der Waals surface area contributed by atoms with E-state index < -0.39 is 41.3 Å². The number of aliphatic hydroxyl groups excluding tert-OH is 1. The summed E-state index contributed by atoms with van der Waals surface area (Å²) in [5.74, 6) is -3.24. The number of esters is 2. The summed E-state index contributed by atoms with van der Waals surface area (Å²) in [6, 6.07) is 3.87. The molecule has 1 aromatic carbocycles. The topological polar surface area (TPSA) is 145 Å². The van der Waals surface area contributed by atoms with Crippen LogP contribution in [0, 0.1) is 10.1 Å². The molecule has 25 heavy (non-hydrogen) atoms. The van der Waals surface area contributed by atoms with Crippen LogP contribution in [0.15, 0.2) is 24.3 Å². The molecule has 0 saturated heterocycles. The van der Waals surface area contributed by atoms with E-state index in [0.717, 1.165) is 14.2 Å². The lowest BCUT2D eigenvalue weighted by molar-refractivity contribution is -0.384. The maximum absolute atomic E-state index is 12.0. The van der Waals surface area contributed by atoms with Gasteiger partial charge in [-0.1, -0.05) is 12.1 Å². The average Bonchev–Trinajstić information content (AvgIpc) is 2.63. The lowest BCUT2D eigenvalue weighted by atomic mass is 9.88. The highest BCUT2D eigenvalue weighted by Gasteiger charge is 2.34. The SMILES string of the molecule is COC(=O)C[C@@H](c1ccc([N+](=O)[O-])cc1)[C@@H](NC(=O)CO)C(=O)OC. The zero-order valence-corrected chi connectivity index (χ0v) is 13.6. The number of nitrogens with one attached hydrogen (secondary N) is 1. The van der Waals surface area contributed by atoms with E-state index in [2.05, 4.69) is 14.8 Å². The first-order valence-electron chi connectivity index (χ1n) is 7.13. The number of rotatable bonds is 8. The fourth-order valence-corrected chi connectivity index (χ4v) is 2.20. The molecule has 0 aliphatic heterocycles. The van der Waals surface area contributed by atoms with Crippen molar-refractivity contribution >= 4 is 23.5 Å². The van der Waals surface area contributed by atoms with Crippen LogP contribution in [-0.2, 0) is 23.9 Å². The summed E-state index contributed by atoms with van der Waals surface area (Å²) in [4.78, 5) is 45.4. The lowest BCUT2D eigenvalue weighted by Crippen LogP contribution is -2.47. The highest BCUT2D eigenvalue weighted by Crippen LogP contribution is 2.27. The minimum Gasteiger partial charge on any atom is -0.469 e. The van der Waals surface area contributed by atoms with E-state index in [9.17, 15) is 24.5 Å². The Bertz CT molecular complexity index is 643. The second kappa shape index (κ2) is 9.33. The fraction of sp³-hybridized carbons (Fsp3) is 0.400. The monoisotopic (exact) mass is 354 g/mol. The molecule has 0 heterocycles. The number of methoxy groups -OCH3 is 2. The largest absolute Gasteiger partial charge is 0.469 e. The molecule has 1 rings (SSSR count). The maximum atomic E-state index is 12.0. The summed E-state index contributed by atoms with van der Waals surface area (Å²) < 4.78 is 9.24. The normalized spacial score (nSPS) is 12.6. The van der Waals surface area contributed by atoms with Crippen molar-refractivity contribution in [3.05, 3.63) is 39.9 Å². The second-order valence-corrected chi connectivity index (χ2v) is 4.96. The number of non-ortho nitro benzene ring substituents is 1. The van der Waals surface area contributed by atoms with Crippen molar-refractivity contribution in [2.75, 3.05) is 20.8 Å². The third-order valence-electron chi connectivity index (χ3n) is 3.46. The maximum Gasteiger partial charge on any atom is 0.329 e. The molecule has 0 aromatic heterocycles. The van der Waals surface area contributed by atoms with Crippen molar-refractivity contribution in [2.45, 2.75) is 18.4 Å². The van der Waals surface area contributed by atoms with E-state index in [0.29, 0.717) is 5.56 Å². The molecule has 2 atom stereocenters. The molecule has 0 aliphatic carbocycles. The minimum atomic E-state index is -1.29. The summed E-state index contributed by atoms with van der Waals surface area (Å²) >= 11 is 0. The molecule has 0 bridgehead atoms. The summed E-state index contributed by atoms with van der Waals surface area (Å²) in [7, 11) is 2.26. The van der Waals surface area contributed by atoms with E-state index in [1.165, 1.54) is 24.3 Å². The van der Waals surface area contributed by atoms with E-state index in [4.69, 9.17) is 5.11 Å². The van der Waals surface area contributed by atoms with Crippen molar-refractivity contribution in [3.63, 3.8) is 0 Å². The van der Waals surface area contributed by atoms with Crippen LogP contribution in [0.3, 0.4) is 0 Å².